The summed E-state index contributed by atoms with van der Waals surface area (Å²) in [6.45, 7) is 0. The molecule has 0 aliphatic heterocycles. The molecule has 0 atom stereocenters. The Labute approximate surface area is 186 Å². The molecule has 0 spiro atoms. The van der Waals surface area contributed by atoms with Gasteiger partial charge in [-0.2, -0.15) is 13.2 Å². The zero-order valence-electron chi connectivity index (χ0n) is 17.4. The number of fused-ring (bicyclic) bond motifs is 3. The Morgan fingerprint density at radius 2 is 1.85 bits per heavy atom. The fourth-order valence-corrected chi connectivity index (χ4v) is 4.26. The van der Waals surface area contributed by atoms with Crippen LogP contribution in [0.4, 0.5) is 24.7 Å². The van der Waals surface area contributed by atoms with Crippen LogP contribution in [0.2, 0.25) is 0 Å². The average molecular weight is 452 g/mol. The zero-order valence-corrected chi connectivity index (χ0v) is 17.4. The van der Waals surface area contributed by atoms with Gasteiger partial charge in [-0.05, 0) is 60.7 Å². The number of aromatic nitrogens is 4. The number of benzene rings is 1. The summed E-state index contributed by atoms with van der Waals surface area (Å²) in [7, 11) is 0. The van der Waals surface area contributed by atoms with Crippen LogP contribution in [0.15, 0.2) is 48.9 Å². The van der Waals surface area contributed by atoms with Gasteiger partial charge in [-0.1, -0.05) is 6.07 Å². The number of nitrogens with one attached hydrogen (secondary N) is 1. The Morgan fingerprint density at radius 3 is 2.55 bits per heavy atom. The van der Waals surface area contributed by atoms with E-state index in [0.717, 1.165) is 48.2 Å². The van der Waals surface area contributed by atoms with Gasteiger partial charge in [0, 0.05) is 23.3 Å². The number of nitrogens with zero attached hydrogens (tertiary/aromatic N) is 4. The van der Waals surface area contributed by atoms with E-state index in [1.54, 1.807) is 12.1 Å². The molecule has 168 valence electrons. The minimum Gasteiger partial charge on any atom is -0.382 e. The van der Waals surface area contributed by atoms with Crippen molar-refractivity contribution in [2.75, 3.05) is 11.1 Å². The van der Waals surface area contributed by atoms with Crippen molar-refractivity contribution in [2.24, 2.45) is 0 Å². The first kappa shape index (κ1) is 20.9. The number of aryl methyl sites for hydroxylation is 1. The summed E-state index contributed by atoms with van der Waals surface area (Å²) in [4.78, 5) is 24.3. The van der Waals surface area contributed by atoms with Crippen LogP contribution in [0.5, 0.6) is 0 Å². The van der Waals surface area contributed by atoms with Gasteiger partial charge in [-0.25, -0.2) is 9.97 Å². The molecule has 0 unspecified atom stereocenters. The molecule has 4 aromatic rings. The summed E-state index contributed by atoms with van der Waals surface area (Å²) in [5.41, 5.74) is 11.0. The number of pyridine rings is 1. The molecule has 0 bridgehead atoms. The first-order valence-corrected chi connectivity index (χ1v) is 10.4. The monoisotopic (exact) mass is 452 g/mol. The van der Waals surface area contributed by atoms with Crippen LogP contribution in [0.1, 0.15) is 28.9 Å². The van der Waals surface area contributed by atoms with Gasteiger partial charge in [0.1, 0.15) is 17.5 Å². The minimum absolute atomic E-state index is 0.0868. The molecule has 5 rings (SSSR count). The van der Waals surface area contributed by atoms with Gasteiger partial charge in [0.05, 0.1) is 11.9 Å². The van der Waals surface area contributed by atoms with Crippen molar-refractivity contribution in [3.8, 4) is 5.69 Å². The number of amides is 1. The topological polar surface area (TPSA) is 98.7 Å². The number of nitrogen functional groups attached to an aromatic ring is 1. The number of carbonyl (C=O) groups is 1. The van der Waals surface area contributed by atoms with Crippen molar-refractivity contribution in [2.45, 2.75) is 31.9 Å². The summed E-state index contributed by atoms with van der Waals surface area (Å²) in [6, 6.07) is 9.41. The summed E-state index contributed by atoms with van der Waals surface area (Å²) in [5, 5.41) is 2.76. The van der Waals surface area contributed by atoms with Gasteiger partial charge in [0.15, 0.2) is 5.82 Å². The Hall–Kier alpha value is -3.95. The number of anilines is 2. The Bertz CT molecular complexity index is 1340. The predicted octanol–water partition coefficient (Wildman–Crippen LogP) is 4.09. The van der Waals surface area contributed by atoms with Crippen molar-refractivity contribution in [1.29, 1.82) is 0 Å². The SMILES string of the molecule is Nc1ncnc2c3c(n(-c4ccc(NC(=O)Cc5ccc(C(F)(F)F)nc5)cc4)c12)CCC3. The van der Waals surface area contributed by atoms with Crippen molar-refractivity contribution in [3.05, 3.63) is 71.4 Å². The highest BCUT2D eigenvalue weighted by Crippen LogP contribution is 2.36. The maximum absolute atomic E-state index is 12.6. The van der Waals surface area contributed by atoms with Crippen LogP contribution in [0.25, 0.3) is 16.7 Å². The molecular weight excluding hydrogens is 433 g/mol. The maximum Gasteiger partial charge on any atom is 0.433 e. The molecule has 3 N–H and O–H groups in total. The second kappa shape index (κ2) is 7.88. The lowest BCUT2D eigenvalue weighted by molar-refractivity contribution is -0.141. The summed E-state index contributed by atoms with van der Waals surface area (Å²) in [6.07, 6.45) is 0.868. The third-order valence-electron chi connectivity index (χ3n) is 5.71. The third-order valence-corrected chi connectivity index (χ3v) is 5.71. The molecule has 7 nitrogen and oxygen atoms in total. The second-order valence-corrected chi connectivity index (χ2v) is 7.89. The summed E-state index contributed by atoms with van der Waals surface area (Å²) < 4.78 is 40.0. The van der Waals surface area contributed by atoms with Crippen molar-refractivity contribution >= 4 is 28.4 Å². The van der Waals surface area contributed by atoms with Crippen molar-refractivity contribution < 1.29 is 18.0 Å². The summed E-state index contributed by atoms with van der Waals surface area (Å²) in [5.74, 6) is 0.0613. The number of nitrogens with two attached hydrogens (primary N) is 1. The minimum atomic E-state index is -4.51. The van der Waals surface area contributed by atoms with E-state index in [2.05, 4.69) is 24.8 Å². The van der Waals surface area contributed by atoms with E-state index in [1.807, 2.05) is 12.1 Å². The molecule has 3 heterocycles. The van der Waals surface area contributed by atoms with E-state index >= 15 is 0 Å². The molecule has 3 aromatic heterocycles. The lowest BCUT2D eigenvalue weighted by Crippen LogP contribution is -2.15. The largest absolute Gasteiger partial charge is 0.433 e. The quantitative estimate of drug-likeness (QED) is 0.486. The lowest BCUT2D eigenvalue weighted by atomic mass is 10.2. The lowest BCUT2D eigenvalue weighted by Gasteiger charge is -2.12. The van der Waals surface area contributed by atoms with Gasteiger partial charge >= 0.3 is 6.18 Å². The molecule has 0 saturated heterocycles. The molecule has 1 aliphatic rings. The highest BCUT2D eigenvalue weighted by Gasteiger charge is 2.32. The smallest absolute Gasteiger partial charge is 0.382 e. The Balaban J connectivity index is 1.34. The van der Waals surface area contributed by atoms with Gasteiger partial charge in [-0.15, -0.1) is 0 Å². The number of hydrogen-bond acceptors (Lipinski definition) is 5. The fourth-order valence-electron chi connectivity index (χ4n) is 4.26. The molecule has 1 amide bonds. The van der Waals surface area contributed by atoms with Gasteiger partial charge in [0.25, 0.3) is 0 Å². The van der Waals surface area contributed by atoms with E-state index < -0.39 is 11.9 Å². The number of carbonyl (C=O) groups excluding carboxylic acids is 1. The van der Waals surface area contributed by atoms with Gasteiger partial charge in [-0.3, -0.25) is 9.78 Å². The van der Waals surface area contributed by atoms with Gasteiger partial charge in [0.2, 0.25) is 5.91 Å². The Morgan fingerprint density at radius 1 is 1.06 bits per heavy atom. The maximum atomic E-state index is 12.6. The zero-order chi connectivity index (χ0) is 23.2. The van der Waals surface area contributed by atoms with E-state index in [-0.39, 0.29) is 12.3 Å². The highest BCUT2D eigenvalue weighted by atomic mass is 19.4. The molecule has 1 aliphatic carbocycles. The van der Waals surface area contributed by atoms with Crippen molar-refractivity contribution in [1.82, 2.24) is 19.5 Å². The van der Waals surface area contributed by atoms with Crippen LogP contribution >= 0.6 is 0 Å². The third kappa shape index (κ3) is 3.88. The normalized spacial score (nSPS) is 13.3. The summed E-state index contributed by atoms with van der Waals surface area (Å²) >= 11 is 0. The van der Waals surface area contributed by atoms with E-state index in [9.17, 15) is 18.0 Å². The predicted molar refractivity (Wildman–Crippen MR) is 117 cm³/mol. The first-order valence-electron chi connectivity index (χ1n) is 10.4. The molecule has 0 fully saturated rings. The van der Waals surface area contributed by atoms with E-state index in [0.29, 0.717) is 17.1 Å². The Kier molecular flexibility index (Phi) is 4.99. The van der Waals surface area contributed by atoms with E-state index in [4.69, 9.17) is 5.73 Å². The fraction of sp³-hybridized carbons (Fsp3) is 0.217. The van der Waals surface area contributed by atoms with Crippen LogP contribution in [-0.2, 0) is 30.2 Å². The van der Waals surface area contributed by atoms with Crippen LogP contribution < -0.4 is 11.1 Å². The average Bonchev–Trinajstić information content (AvgIpc) is 3.36. The van der Waals surface area contributed by atoms with Crippen LogP contribution in [0.3, 0.4) is 0 Å². The molecular formula is C23H19F3N6O. The van der Waals surface area contributed by atoms with E-state index in [1.165, 1.54) is 23.7 Å². The number of rotatable bonds is 4. The van der Waals surface area contributed by atoms with Crippen LogP contribution in [-0.4, -0.2) is 25.4 Å². The van der Waals surface area contributed by atoms with Gasteiger partial charge < -0.3 is 15.6 Å². The second-order valence-electron chi connectivity index (χ2n) is 7.89. The van der Waals surface area contributed by atoms with Crippen molar-refractivity contribution in [3.63, 3.8) is 0 Å². The first-order chi connectivity index (χ1) is 15.8. The molecule has 1 aromatic carbocycles. The molecule has 33 heavy (non-hydrogen) atoms. The standard InChI is InChI=1S/C23H19F3N6O/c24-23(25,26)18-9-4-13(11-28-18)10-19(33)31-14-5-7-15(8-6-14)32-17-3-1-2-16(17)20-21(32)22(27)30-12-29-20/h4-9,11-12H,1-3,10H2,(H,31,33)(H2,27,29,30). The number of alkyl halides is 3. The molecule has 0 radical (unpaired) electrons. The van der Waals surface area contributed by atoms with Crippen LogP contribution in [0, 0.1) is 0 Å². The highest BCUT2D eigenvalue weighted by molar-refractivity contribution is 5.93. The number of hydrogen-bond donors (Lipinski definition) is 2. The molecule has 0 saturated carbocycles. The molecule has 10 heteroatoms. The number of halogens is 3.